The number of aromatic nitrogens is 4. The molecule has 0 bridgehead atoms. The molecule has 0 amide bonds. The van der Waals surface area contributed by atoms with Gasteiger partial charge in [0.2, 0.25) is 5.88 Å². The average molecular weight is 370 g/mol. The Morgan fingerprint density at radius 1 is 1.11 bits per heavy atom. The molecule has 0 saturated carbocycles. The number of hydrogen-bond acceptors (Lipinski definition) is 6. The number of hydrogen-bond donors (Lipinski definition) is 2. The molecule has 0 atom stereocenters. The van der Waals surface area contributed by atoms with Crippen LogP contribution in [0.1, 0.15) is 22.3 Å². The van der Waals surface area contributed by atoms with E-state index in [4.69, 9.17) is 10.00 Å². The number of nitriles is 1. The second-order valence-corrected chi connectivity index (χ2v) is 6.26. The number of anilines is 1. The van der Waals surface area contributed by atoms with Crippen molar-refractivity contribution in [2.24, 2.45) is 0 Å². The van der Waals surface area contributed by atoms with Crippen molar-refractivity contribution in [3.8, 4) is 11.9 Å². The number of rotatable bonds is 6. The third-order valence-electron chi connectivity index (χ3n) is 4.51. The Morgan fingerprint density at radius 3 is 2.75 bits per heavy atom. The maximum atomic E-state index is 9.14. The number of nitrogens with one attached hydrogen (secondary N) is 2. The van der Waals surface area contributed by atoms with Crippen molar-refractivity contribution in [3.05, 3.63) is 77.4 Å². The monoisotopic (exact) mass is 370 g/mol. The quantitative estimate of drug-likeness (QED) is 0.539. The summed E-state index contributed by atoms with van der Waals surface area (Å²) in [6.07, 6.45) is 7.63. The van der Waals surface area contributed by atoms with Gasteiger partial charge in [-0.15, -0.1) is 0 Å². The van der Waals surface area contributed by atoms with E-state index in [-0.39, 0.29) is 0 Å². The lowest BCUT2D eigenvalue weighted by Gasteiger charge is -2.12. The lowest BCUT2D eigenvalue weighted by atomic mass is 10.0. The Morgan fingerprint density at radius 2 is 1.93 bits per heavy atom. The van der Waals surface area contributed by atoms with Crippen LogP contribution < -0.4 is 10.1 Å². The summed E-state index contributed by atoms with van der Waals surface area (Å²) < 4.78 is 5.31. The molecule has 0 aromatic carbocycles. The molecule has 4 rings (SSSR count). The Kier molecular flexibility index (Phi) is 4.85. The highest BCUT2D eigenvalue weighted by molar-refractivity contribution is 5.81. The molecule has 4 aromatic heterocycles. The summed E-state index contributed by atoms with van der Waals surface area (Å²) in [5, 5.41) is 13.5. The minimum absolute atomic E-state index is 0.543. The number of ether oxygens (including phenoxy) is 1. The number of nitrogens with zero attached hydrogens (tertiary/aromatic N) is 4. The Hall–Kier alpha value is -3.92. The van der Waals surface area contributed by atoms with Gasteiger partial charge in [0.05, 0.1) is 12.7 Å². The highest BCUT2D eigenvalue weighted by Gasteiger charge is 2.11. The summed E-state index contributed by atoms with van der Waals surface area (Å²) in [4.78, 5) is 16.2. The summed E-state index contributed by atoms with van der Waals surface area (Å²) in [7, 11) is 1.61. The van der Waals surface area contributed by atoms with Crippen LogP contribution in [0, 0.1) is 11.3 Å². The molecule has 4 heterocycles. The van der Waals surface area contributed by atoms with Gasteiger partial charge in [-0.25, -0.2) is 15.0 Å². The van der Waals surface area contributed by atoms with Crippen LogP contribution in [0.25, 0.3) is 11.0 Å². The second-order valence-electron chi connectivity index (χ2n) is 6.26. The first-order valence-corrected chi connectivity index (χ1v) is 8.80. The Labute approximate surface area is 162 Å². The second kappa shape index (κ2) is 7.76. The van der Waals surface area contributed by atoms with E-state index in [0.29, 0.717) is 24.4 Å². The molecule has 0 aliphatic heterocycles. The molecular weight excluding hydrogens is 352 g/mol. The fraction of sp³-hybridized carbons (Fsp3) is 0.143. The van der Waals surface area contributed by atoms with Crippen LogP contribution in [0.2, 0.25) is 0 Å². The van der Waals surface area contributed by atoms with Gasteiger partial charge in [0, 0.05) is 48.7 Å². The van der Waals surface area contributed by atoms with Crippen LogP contribution in [0.15, 0.2) is 55.1 Å². The Bertz CT molecular complexity index is 1160. The Balaban J connectivity index is 1.59. The molecule has 138 valence electrons. The fourth-order valence-corrected chi connectivity index (χ4v) is 3.13. The van der Waals surface area contributed by atoms with E-state index in [0.717, 1.165) is 33.5 Å². The predicted molar refractivity (Wildman–Crippen MR) is 106 cm³/mol. The zero-order valence-electron chi connectivity index (χ0n) is 15.3. The molecule has 2 N–H and O–H groups in total. The minimum Gasteiger partial charge on any atom is -0.481 e. The van der Waals surface area contributed by atoms with Gasteiger partial charge in [0.1, 0.15) is 17.5 Å². The molecule has 0 aliphatic carbocycles. The van der Waals surface area contributed by atoms with Gasteiger partial charge in [0.15, 0.2) is 0 Å². The van der Waals surface area contributed by atoms with Gasteiger partial charge in [-0.3, -0.25) is 0 Å². The first kappa shape index (κ1) is 17.5. The molecule has 7 heteroatoms. The zero-order chi connectivity index (χ0) is 19.3. The molecule has 0 radical (unpaired) electrons. The lowest BCUT2D eigenvalue weighted by molar-refractivity contribution is 0.393. The largest absolute Gasteiger partial charge is 0.481 e. The first-order valence-electron chi connectivity index (χ1n) is 8.80. The van der Waals surface area contributed by atoms with E-state index in [1.54, 1.807) is 25.7 Å². The molecule has 0 saturated heterocycles. The maximum Gasteiger partial charge on any atom is 0.218 e. The van der Waals surface area contributed by atoms with Gasteiger partial charge in [-0.2, -0.15) is 5.26 Å². The number of pyridine rings is 3. The van der Waals surface area contributed by atoms with Crippen molar-refractivity contribution in [3.63, 3.8) is 0 Å². The standard InChI is InChI=1S/C21H18N6O/c1-28-21-16(5-3-7-24-21)12-26-19-15(4-2-6-23-19)9-17-13-27-20-18(17)8-14(10-22)11-25-20/h2-8,11,13H,9,12H2,1H3,(H,23,26)(H,25,27). The van der Waals surface area contributed by atoms with Crippen LogP contribution in [0.3, 0.4) is 0 Å². The number of H-pyrrole nitrogens is 1. The van der Waals surface area contributed by atoms with Crippen LogP contribution in [-0.4, -0.2) is 27.0 Å². The highest BCUT2D eigenvalue weighted by atomic mass is 16.5. The van der Waals surface area contributed by atoms with Gasteiger partial charge in [-0.1, -0.05) is 12.1 Å². The van der Waals surface area contributed by atoms with Gasteiger partial charge in [0.25, 0.3) is 0 Å². The van der Waals surface area contributed by atoms with Gasteiger partial charge in [-0.05, 0) is 29.3 Å². The number of fused-ring (bicyclic) bond motifs is 1. The van der Waals surface area contributed by atoms with E-state index in [9.17, 15) is 0 Å². The van der Waals surface area contributed by atoms with E-state index in [2.05, 4.69) is 31.3 Å². The van der Waals surface area contributed by atoms with Crippen LogP contribution in [0.4, 0.5) is 5.82 Å². The van der Waals surface area contributed by atoms with Crippen molar-refractivity contribution >= 4 is 16.9 Å². The van der Waals surface area contributed by atoms with Crippen LogP contribution in [0.5, 0.6) is 5.88 Å². The predicted octanol–water partition coefficient (Wildman–Crippen LogP) is 3.44. The third kappa shape index (κ3) is 3.48. The smallest absolute Gasteiger partial charge is 0.218 e. The SMILES string of the molecule is COc1ncccc1CNc1ncccc1Cc1c[nH]c2ncc(C#N)cc12. The average Bonchev–Trinajstić information content (AvgIpc) is 3.15. The van der Waals surface area contributed by atoms with Gasteiger partial charge >= 0.3 is 0 Å². The topological polar surface area (TPSA) is 99.5 Å². The summed E-state index contributed by atoms with van der Waals surface area (Å²) in [5.74, 6) is 1.39. The summed E-state index contributed by atoms with van der Waals surface area (Å²) in [5.41, 5.74) is 4.38. The van der Waals surface area contributed by atoms with Crippen LogP contribution in [-0.2, 0) is 13.0 Å². The molecule has 0 aliphatic rings. The normalized spacial score (nSPS) is 10.6. The van der Waals surface area contributed by atoms with Crippen molar-refractivity contribution in [2.75, 3.05) is 12.4 Å². The fourth-order valence-electron chi connectivity index (χ4n) is 3.13. The minimum atomic E-state index is 0.543. The number of aromatic amines is 1. The zero-order valence-corrected chi connectivity index (χ0v) is 15.3. The van der Waals surface area contributed by atoms with E-state index >= 15 is 0 Å². The van der Waals surface area contributed by atoms with Crippen molar-refractivity contribution in [1.29, 1.82) is 5.26 Å². The lowest BCUT2D eigenvalue weighted by Crippen LogP contribution is -2.06. The molecule has 0 spiro atoms. The molecule has 4 aromatic rings. The van der Waals surface area contributed by atoms with Gasteiger partial charge < -0.3 is 15.0 Å². The molecular formula is C21H18N6O. The first-order chi connectivity index (χ1) is 13.8. The van der Waals surface area contributed by atoms with E-state index in [1.165, 1.54) is 0 Å². The van der Waals surface area contributed by atoms with E-state index < -0.39 is 0 Å². The molecule has 7 nitrogen and oxygen atoms in total. The molecule has 0 fully saturated rings. The van der Waals surface area contributed by atoms with Crippen molar-refractivity contribution in [1.82, 2.24) is 19.9 Å². The number of methoxy groups -OCH3 is 1. The van der Waals surface area contributed by atoms with Crippen LogP contribution >= 0.6 is 0 Å². The summed E-state index contributed by atoms with van der Waals surface area (Å²) in [6, 6.07) is 11.8. The summed E-state index contributed by atoms with van der Waals surface area (Å²) >= 11 is 0. The molecule has 28 heavy (non-hydrogen) atoms. The summed E-state index contributed by atoms with van der Waals surface area (Å²) in [6.45, 7) is 0.551. The third-order valence-corrected chi connectivity index (χ3v) is 4.51. The maximum absolute atomic E-state index is 9.14. The molecule has 0 unspecified atom stereocenters. The van der Waals surface area contributed by atoms with E-state index in [1.807, 2.05) is 36.5 Å². The highest BCUT2D eigenvalue weighted by Crippen LogP contribution is 2.24. The van der Waals surface area contributed by atoms with Crippen molar-refractivity contribution < 1.29 is 4.74 Å². The van der Waals surface area contributed by atoms with Crippen molar-refractivity contribution in [2.45, 2.75) is 13.0 Å².